The van der Waals surface area contributed by atoms with Crippen molar-refractivity contribution in [2.45, 2.75) is 51.5 Å². The summed E-state index contributed by atoms with van der Waals surface area (Å²) in [6, 6.07) is 10.7. The number of amides is 1. The van der Waals surface area contributed by atoms with Gasteiger partial charge in [-0.2, -0.15) is 0 Å². The Hall–Kier alpha value is -1.35. The summed E-state index contributed by atoms with van der Waals surface area (Å²) in [4.78, 5) is 18.3. The predicted molar refractivity (Wildman–Crippen MR) is 104 cm³/mol. The fourth-order valence-corrected chi connectivity index (χ4v) is 6.74. The van der Waals surface area contributed by atoms with Gasteiger partial charge in [-0.1, -0.05) is 43.2 Å². The van der Waals surface area contributed by atoms with E-state index in [1.165, 1.54) is 50.5 Å². The summed E-state index contributed by atoms with van der Waals surface area (Å²) in [6.07, 6.45) is 9.20. The molecule has 1 aromatic rings. The molecule has 6 rings (SSSR count). The lowest BCUT2D eigenvalue weighted by Gasteiger charge is -2.50. The van der Waals surface area contributed by atoms with E-state index in [1.807, 2.05) is 0 Å². The van der Waals surface area contributed by atoms with Crippen molar-refractivity contribution in [3.05, 3.63) is 35.9 Å². The van der Waals surface area contributed by atoms with Gasteiger partial charge in [-0.05, 0) is 55.4 Å². The maximum atomic E-state index is 13.6. The number of benzene rings is 1. The summed E-state index contributed by atoms with van der Waals surface area (Å²) in [5, 5.41) is 0. The minimum atomic E-state index is 0.0224. The highest BCUT2D eigenvalue weighted by molar-refractivity contribution is 5.83. The van der Waals surface area contributed by atoms with E-state index in [-0.39, 0.29) is 5.41 Å². The minimum Gasteiger partial charge on any atom is -0.340 e. The Morgan fingerprint density at radius 2 is 1.50 bits per heavy atom. The van der Waals surface area contributed by atoms with Gasteiger partial charge in [-0.3, -0.25) is 9.69 Å². The van der Waals surface area contributed by atoms with Gasteiger partial charge in [-0.15, -0.1) is 0 Å². The highest BCUT2D eigenvalue weighted by Gasteiger charge is 2.53. The van der Waals surface area contributed by atoms with E-state index in [0.717, 1.165) is 50.5 Å². The van der Waals surface area contributed by atoms with Crippen molar-refractivity contribution in [3.8, 4) is 0 Å². The number of carbonyl (C=O) groups excluding carboxylic acids is 1. The average Bonchev–Trinajstić information content (AvgIpc) is 2.88. The molecule has 1 aliphatic heterocycles. The molecule has 5 fully saturated rings. The van der Waals surface area contributed by atoms with Crippen LogP contribution in [0.25, 0.3) is 0 Å². The van der Waals surface area contributed by atoms with E-state index >= 15 is 0 Å². The molecule has 1 amide bonds. The van der Waals surface area contributed by atoms with Crippen molar-refractivity contribution in [2.24, 2.45) is 23.2 Å². The van der Waals surface area contributed by atoms with Crippen LogP contribution in [0.5, 0.6) is 0 Å². The Bertz CT molecular complexity index is 633. The standard InChI is InChI=1S/C23H32N2O/c26-22(23-14-19-6-7-20(15-23)13-21(12-19)16-23)25-10-8-24(9-11-25)17-18-4-2-1-3-5-18/h1-5,19-21H,6-17H2. The molecular weight excluding hydrogens is 320 g/mol. The number of hydrogen-bond acceptors (Lipinski definition) is 2. The van der Waals surface area contributed by atoms with Crippen molar-refractivity contribution < 1.29 is 4.79 Å². The Balaban J connectivity index is 1.23. The van der Waals surface area contributed by atoms with Gasteiger partial charge in [0.1, 0.15) is 0 Å². The van der Waals surface area contributed by atoms with Crippen molar-refractivity contribution in [1.82, 2.24) is 9.80 Å². The van der Waals surface area contributed by atoms with Crippen LogP contribution in [0.4, 0.5) is 0 Å². The number of rotatable bonds is 3. The Morgan fingerprint density at radius 3 is 2.15 bits per heavy atom. The minimum absolute atomic E-state index is 0.0224. The first-order valence-corrected chi connectivity index (χ1v) is 10.8. The molecule has 140 valence electrons. The lowest BCUT2D eigenvalue weighted by atomic mass is 9.58. The van der Waals surface area contributed by atoms with Gasteiger partial charge < -0.3 is 4.90 Å². The molecule has 1 heterocycles. The molecule has 5 aliphatic rings. The third kappa shape index (κ3) is 3.09. The van der Waals surface area contributed by atoms with Gasteiger partial charge in [-0.25, -0.2) is 0 Å². The quantitative estimate of drug-likeness (QED) is 0.823. The summed E-state index contributed by atoms with van der Waals surface area (Å²) in [6.45, 7) is 4.90. The zero-order chi connectivity index (χ0) is 17.6. The molecule has 4 saturated carbocycles. The Kier molecular flexibility index (Phi) is 4.31. The molecule has 0 N–H and O–H groups in total. The van der Waals surface area contributed by atoms with E-state index in [0.29, 0.717) is 5.91 Å². The Labute approximate surface area is 157 Å². The number of fused-ring (bicyclic) bond motifs is 1. The Morgan fingerprint density at radius 1 is 0.885 bits per heavy atom. The van der Waals surface area contributed by atoms with Crippen LogP contribution in [0.1, 0.15) is 50.5 Å². The number of piperazine rings is 1. The van der Waals surface area contributed by atoms with E-state index in [4.69, 9.17) is 0 Å². The van der Waals surface area contributed by atoms with Gasteiger partial charge in [0, 0.05) is 32.7 Å². The summed E-state index contributed by atoms with van der Waals surface area (Å²) < 4.78 is 0. The number of nitrogens with zero attached hydrogens (tertiary/aromatic N) is 2. The molecule has 3 nitrogen and oxygen atoms in total. The molecule has 2 unspecified atom stereocenters. The highest BCUT2D eigenvalue weighted by atomic mass is 16.2. The maximum absolute atomic E-state index is 13.6. The topological polar surface area (TPSA) is 23.6 Å². The lowest BCUT2D eigenvalue weighted by Crippen LogP contribution is -2.55. The van der Waals surface area contributed by atoms with E-state index in [1.54, 1.807) is 0 Å². The fraction of sp³-hybridized carbons (Fsp3) is 0.696. The second kappa shape index (κ2) is 6.67. The summed E-state index contributed by atoms with van der Waals surface area (Å²) in [5.74, 6) is 3.05. The van der Waals surface area contributed by atoms with Crippen LogP contribution in [-0.4, -0.2) is 41.9 Å². The molecule has 0 aromatic heterocycles. The first kappa shape index (κ1) is 16.8. The van der Waals surface area contributed by atoms with Crippen molar-refractivity contribution in [1.29, 1.82) is 0 Å². The molecule has 0 radical (unpaired) electrons. The van der Waals surface area contributed by atoms with E-state index in [9.17, 15) is 4.79 Å². The third-order valence-corrected chi connectivity index (χ3v) is 7.72. The van der Waals surface area contributed by atoms with Crippen LogP contribution < -0.4 is 0 Å². The summed E-state index contributed by atoms with van der Waals surface area (Å²) in [7, 11) is 0. The van der Waals surface area contributed by atoms with E-state index in [2.05, 4.69) is 40.1 Å². The van der Waals surface area contributed by atoms with Crippen LogP contribution in [-0.2, 0) is 11.3 Å². The highest BCUT2D eigenvalue weighted by Crippen LogP contribution is 2.58. The SMILES string of the molecule is O=C(N1CCN(Cc2ccccc2)CC1)C12CC3CCC(CC(C3)C1)C2. The molecule has 0 spiro atoms. The van der Waals surface area contributed by atoms with Gasteiger partial charge in [0.05, 0.1) is 5.41 Å². The smallest absolute Gasteiger partial charge is 0.228 e. The normalized spacial score (nSPS) is 36.9. The largest absolute Gasteiger partial charge is 0.340 e. The molecular formula is C23H32N2O. The number of hydrogen-bond donors (Lipinski definition) is 0. The molecule has 2 atom stereocenters. The predicted octanol–water partition coefficient (Wildman–Crippen LogP) is 3.94. The van der Waals surface area contributed by atoms with Crippen LogP contribution in [0, 0.1) is 23.2 Å². The zero-order valence-electron chi connectivity index (χ0n) is 15.9. The van der Waals surface area contributed by atoms with Crippen molar-refractivity contribution in [3.63, 3.8) is 0 Å². The van der Waals surface area contributed by atoms with Gasteiger partial charge in [0.15, 0.2) is 0 Å². The van der Waals surface area contributed by atoms with Gasteiger partial charge in [0.2, 0.25) is 5.91 Å². The van der Waals surface area contributed by atoms with E-state index < -0.39 is 0 Å². The first-order valence-electron chi connectivity index (χ1n) is 10.8. The molecule has 1 aromatic carbocycles. The first-order chi connectivity index (χ1) is 12.7. The second-order valence-corrected chi connectivity index (χ2v) is 9.59. The summed E-state index contributed by atoms with van der Waals surface area (Å²) >= 11 is 0. The maximum Gasteiger partial charge on any atom is 0.228 e. The second-order valence-electron chi connectivity index (χ2n) is 9.59. The van der Waals surface area contributed by atoms with Gasteiger partial charge in [0.25, 0.3) is 0 Å². The molecule has 1 saturated heterocycles. The van der Waals surface area contributed by atoms with Crippen LogP contribution in [0.2, 0.25) is 0 Å². The average molecular weight is 353 g/mol. The lowest BCUT2D eigenvalue weighted by molar-refractivity contribution is -0.152. The fourth-order valence-electron chi connectivity index (χ4n) is 6.74. The molecule has 3 heteroatoms. The molecule has 26 heavy (non-hydrogen) atoms. The zero-order valence-corrected chi connectivity index (χ0v) is 15.9. The van der Waals surface area contributed by atoms with Gasteiger partial charge >= 0.3 is 0 Å². The summed E-state index contributed by atoms with van der Waals surface area (Å²) in [5.41, 5.74) is 1.40. The van der Waals surface area contributed by atoms with Crippen LogP contribution in [0.3, 0.4) is 0 Å². The van der Waals surface area contributed by atoms with Crippen LogP contribution >= 0.6 is 0 Å². The third-order valence-electron chi connectivity index (χ3n) is 7.72. The van der Waals surface area contributed by atoms with Crippen LogP contribution in [0.15, 0.2) is 30.3 Å². The molecule has 4 bridgehead atoms. The van der Waals surface area contributed by atoms with Crippen molar-refractivity contribution in [2.75, 3.05) is 26.2 Å². The molecule has 4 aliphatic carbocycles. The monoisotopic (exact) mass is 352 g/mol. The van der Waals surface area contributed by atoms with Crippen molar-refractivity contribution >= 4 is 5.91 Å². The number of carbonyl (C=O) groups is 1.